The molecule has 2 heterocycles. The Morgan fingerprint density at radius 3 is 2.39 bits per heavy atom. The van der Waals surface area contributed by atoms with Gasteiger partial charge in [0.1, 0.15) is 11.0 Å². The summed E-state index contributed by atoms with van der Waals surface area (Å²) in [7, 11) is -1.27. The van der Waals surface area contributed by atoms with Gasteiger partial charge in [0.25, 0.3) is 0 Å². The number of hydrogen-bond acceptors (Lipinski definition) is 4. The van der Waals surface area contributed by atoms with Gasteiger partial charge in [-0.3, -0.25) is 4.79 Å². The molecule has 1 fully saturated rings. The molecule has 4 aromatic rings. The summed E-state index contributed by atoms with van der Waals surface area (Å²) in [5.74, 6) is -0.297. The first kappa shape index (κ1) is 26.5. The number of halogens is 1. The number of aliphatic carboxylic acids is 1. The van der Waals surface area contributed by atoms with E-state index in [4.69, 9.17) is 26.7 Å². The van der Waals surface area contributed by atoms with Crippen LogP contribution in [0.15, 0.2) is 77.7 Å². The first-order chi connectivity index (χ1) is 18.5. The van der Waals surface area contributed by atoms with Crippen LogP contribution in [0, 0.1) is 0 Å². The Bertz CT molecular complexity index is 1440. The molecule has 1 aliphatic heterocycles. The Kier molecular flexibility index (Phi) is 8.47. The minimum Gasteiger partial charge on any atom is -0.481 e. The molecule has 1 saturated heterocycles. The molecule has 1 aromatic heterocycles. The summed E-state index contributed by atoms with van der Waals surface area (Å²) in [4.78, 5) is 21.5. The van der Waals surface area contributed by atoms with Crippen LogP contribution < -0.4 is 0 Å². The second-order valence-corrected chi connectivity index (χ2v) is 11.6. The van der Waals surface area contributed by atoms with Crippen molar-refractivity contribution in [1.29, 1.82) is 0 Å². The normalized spacial score (nSPS) is 15.5. The predicted octanol–water partition coefficient (Wildman–Crippen LogP) is 6.65. The Labute approximate surface area is 230 Å². The molecule has 196 valence electrons. The first-order valence-corrected chi connectivity index (χ1v) is 14.5. The number of fused-ring (bicyclic) bond motifs is 1. The van der Waals surface area contributed by atoms with E-state index in [1.54, 1.807) is 0 Å². The van der Waals surface area contributed by atoms with Crippen LogP contribution in [-0.2, 0) is 22.2 Å². The largest absolute Gasteiger partial charge is 0.481 e. The summed E-state index contributed by atoms with van der Waals surface area (Å²) < 4.78 is 15.5. The number of benzene rings is 3. The van der Waals surface area contributed by atoms with Gasteiger partial charge >= 0.3 is 5.97 Å². The van der Waals surface area contributed by atoms with E-state index in [1.807, 2.05) is 52.8 Å². The predicted molar refractivity (Wildman–Crippen MR) is 152 cm³/mol. The Hall–Kier alpha value is -3.13. The fourth-order valence-corrected chi connectivity index (χ4v) is 6.35. The van der Waals surface area contributed by atoms with Crippen LogP contribution in [0.1, 0.15) is 49.3 Å². The lowest BCUT2D eigenvalue weighted by molar-refractivity contribution is -0.137. The van der Waals surface area contributed by atoms with Crippen LogP contribution in [0.3, 0.4) is 0 Å². The van der Waals surface area contributed by atoms with E-state index >= 15 is 0 Å². The van der Waals surface area contributed by atoms with Crippen LogP contribution >= 0.6 is 11.6 Å². The number of rotatable bonds is 9. The number of aryl methyl sites for hydroxylation is 1. The van der Waals surface area contributed by atoms with E-state index in [-0.39, 0.29) is 6.42 Å². The highest BCUT2D eigenvalue weighted by molar-refractivity contribution is 7.82. The molecule has 1 atom stereocenters. The number of piperidine rings is 1. The number of nitrogens with zero attached hydrogens (tertiary/aromatic N) is 3. The summed E-state index contributed by atoms with van der Waals surface area (Å²) in [5, 5.41) is 9.64. The van der Waals surface area contributed by atoms with Crippen molar-refractivity contribution in [2.24, 2.45) is 0 Å². The molecular formula is C30H30ClN3O3S. The molecular weight excluding hydrogens is 518 g/mol. The molecule has 1 N–H and O–H groups in total. The smallest absolute Gasteiger partial charge is 0.303 e. The van der Waals surface area contributed by atoms with Crippen LogP contribution in [0.4, 0.5) is 0 Å². The Morgan fingerprint density at radius 2 is 1.68 bits per heavy atom. The average molecular weight is 548 g/mol. The quantitative estimate of drug-likeness (QED) is 0.237. The first-order valence-electron chi connectivity index (χ1n) is 13.0. The van der Waals surface area contributed by atoms with E-state index < -0.39 is 17.0 Å². The monoisotopic (exact) mass is 547 g/mol. The minimum absolute atomic E-state index is 0.126. The number of carbonyl (C=O) groups is 1. The molecule has 38 heavy (non-hydrogen) atoms. The molecule has 0 bridgehead atoms. The zero-order valence-corrected chi connectivity index (χ0v) is 22.6. The van der Waals surface area contributed by atoms with Crippen molar-refractivity contribution in [1.82, 2.24) is 14.3 Å². The third kappa shape index (κ3) is 6.29. The van der Waals surface area contributed by atoms with E-state index in [1.165, 1.54) is 5.56 Å². The molecule has 1 aliphatic rings. The van der Waals surface area contributed by atoms with Gasteiger partial charge < -0.3 is 5.11 Å². The fourth-order valence-electron chi connectivity index (χ4n) is 4.99. The molecule has 1 unspecified atom stereocenters. The van der Waals surface area contributed by atoms with Crippen molar-refractivity contribution in [2.75, 3.05) is 13.1 Å². The van der Waals surface area contributed by atoms with Gasteiger partial charge in [-0.2, -0.15) is 0 Å². The summed E-state index contributed by atoms with van der Waals surface area (Å²) in [6.07, 6.45) is 3.95. The van der Waals surface area contributed by atoms with Crippen molar-refractivity contribution < 1.29 is 14.1 Å². The minimum atomic E-state index is -1.27. The second kappa shape index (κ2) is 12.2. The lowest BCUT2D eigenvalue weighted by Gasteiger charge is -2.31. The van der Waals surface area contributed by atoms with Crippen LogP contribution in [0.25, 0.3) is 22.3 Å². The lowest BCUT2D eigenvalue weighted by atomic mass is 9.90. The fraction of sp³-hybridized carbons (Fsp3) is 0.300. The SMILES string of the molecule is O=C(O)CCCCc1nc2cc(S(=O)N3CCC(c4ccccc4)CC3)ccc2nc1-c1ccc(Cl)cc1. The van der Waals surface area contributed by atoms with E-state index in [0.717, 1.165) is 53.3 Å². The molecule has 0 radical (unpaired) electrons. The number of carboxylic acids is 1. The third-order valence-corrected chi connectivity index (χ3v) is 8.78. The standard InChI is InChI=1S/C30H30ClN3O3S/c31-24-12-10-23(11-13-24)30-27(8-4-5-9-29(35)36)32-28-20-25(14-15-26(28)33-30)38(37)34-18-16-22(17-19-34)21-6-2-1-3-7-21/h1-3,6-7,10-15,20,22H,4-5,8-9,16-19H2,(H,35,36). The maximum atomic E-state index is 13.5. The van der Waals surface area contributed by atoms with Crippen molar-refractivity contribution in [3.8, 4) is 11.3 Å². The van der Waals surface area contributed by atoms with Crippen LogP contribution in [0.5, 0.6) is 0 Å². The van der Waals surface area contributed by atoms with Crippen molar-refractivity contribution in [3.63, 3.8) is 0 Å². The van der Waals surface area contributed by atoms with Gasteiger partial charge in [-0.25, -0.2) is 18.5 Å². The van der Waals surface area contributed by atoms with Gasteiger partial charge in [0.2, 0.25) is 0 Å². The highest BCUT2D eigenvalue weighted by atomic mass is 35.5. The van der Waals surface area contributed by atoms with E-state index in [0.29, 0.717) is 35.7 Å². The van der Waals surface area contributed by atoms with Crippen molar-refractivity contribution in [3.05, 3.63) is 89.1 Å². The van der Waals surface area contributed by atoms with Crippen LogP contribution in [-0.4, -0.2) is 42.6 Å². The lowest BCUT2D eigenvalue weighted by Crippen LogP contribution is -2.34. The third-order valence-electron chi connectivity index (χ3n) is 7.04. The maximum absolute atomic E-state index is 13.5. The zero-order chi connectivity index (χ0) is 26.5. The number of carboxylic acid groups (broad SMARTS) is 1. The molecule has 6 nitrogen and oxygen atoms in total. The number of hydrogen-bond donors (Lipinski definition) is 1. The molecule has 0 aliphatic carbocycles. The van der Waals surface area contributed by atoms with Gasteiger partial charge in [0, 0.05) is 30.1 Å². The topological polar surface area (TPSA) is 83.4 Å². The van der Waals surface area contributed by atoms with Gasteiger partial charge in [-0.15, -0.1) is 0 Å². The zero-order valence-electron chi connectivity index (χ0n) is 21.1. The molecule has 0 saturated carbocycles. The van der Waals surface area contributed by atoms with Crippen molar-refractivity contribution in [2.45, 2.75) is 49.3 Å². The molecule has 0 spiro atoms. The van der Waals surface area contributed by atoms with Gasteiger partial charge in [-0.05, 0) is 73.9 Å². The number of aromatic nitrogens is 2. The summed E-state index contributed by atoms with van der Waals surface area (Å²) >= 11 is 6.09. The summed E-state index contributed by atoms with van der Waals surface area (Å²) in [6.45, 7) is 1.56. The molecule has 3 aromatic carbocycles. The molecule has 0 amide bonds. The summed E-state index contributed by atoms with van der Waals surface area (Å²) in [5.41, 5.74) is 5.25. The van der Waals surface area contributed by atoms with Gasteiger partial charge in [0.15, 0.2) is 0 Å². The Morgan fingerprint density at radius 1 is 0.947 bits per heavy atom. The van der Waals surface area contributed by atoms with Gasteiger partial charge in [-0.1, -0.05) is 54.1 Å². The molecule has 8 heteroatoms. The maximum Gasteiger partial charge on any atom is 0.303 e. The Balaban J connectivity index is 1.37. The van der Waals surface area contributed by atoms with E-state index in [2.05, 4.69) is 24.3 Å². The van der Waals surface area contributed by atoms with Crippen molar-refractivity contribution >= 4 is 39.6 Å². The highest BCUT2D eigenvalue weighted by Crippen LogP contribution is 2.31. The summed E-state index contributed by atoms with van der Waals surface area (Å²) in [6, 6.07) is 23.7. The van der Waals surface area contributed by atoms with E-state index in [9.17, 15) is 9.00 Å². The second-order valence-electron chi connectivity index (χ2n) is 9.64. The van der Waals surface area contributed by atoms with Crippen LogP contribution in [0.2, 0.25) is 5.02 Å². The average Bonchev–Trinajstić information content (AvgIpc) is 2.95. The number of unbranched alkanes of at least 4 members (excludes halogenated alkanes) is 1. The van der Waals surface area contributed by atoms with Gasteiger partial charge in [0.05, 0.1) is 27.3 Å². The highest BCUT2D eigenvalue weighted by Gasteiger charge is 2.25. The molecule has 5 rings (SSSR count).